The average Bonchev–Trinajstić information content (AvgIpc) is 2.36. The Bertz CT molecular complexity index is 377. The molecule has 5 heteroatoms. The molecule has 2 aliphatic rings. The minimum Gasteiger partial charge on any atom is -0.312 e. The van der Waals surface area contributed by atoms with Crippen LogP contribution >= 0.6 is 0 Å². The van der Waals surface area contributed by atoms with Crippen LogP contribution in [0.5, 0.6) is 0 Å². The lowest BCUT2D eigenvalue weighted by Crippen LogP contribution is -2.54. The highest BCUT2D eigenvalue weighted by Gasteiger charge is 2.30. The molecule has 112 valence electrons. The number of rotatable bonds is 4. The van der Waals surface area contributed by atoms with E-state index in [2.05, 4.69) is 17.1 Å². The van der Waals surface area contributed by atoms with E-state index in [0.717, 1.165) is 6.54 Å². The summed E-state index contributed by atoms with van der Waals surface area (Å²) >= 11 is 0. The van der Waals surface area contributed by atoms with Gasteiger partial charge in [-0.25, -0.2) is 8.42 Å². The molecule has 1 heterocycles. The first kappa shape index (κ1) is 15.3. The Hall–Kier alpha value is -0.130. The van der Waals surface area contributed by atoms with E-state index < -0.39 is 9.84 Å². The van der Waals surface area contributed by atoms with Gasteiger partial charge in [0.05, 0.1) is 11.5 Å². The van der Waals surface area contributed by atoms with Gasteiger partial charge in [-0.1, -0.05) is 19.3 Å². The third kappa shape index (κ3) is 4.43. The van der Waals surface area contributed by atoms with E-state index in [1.54, 1.807) is 0 Å². The second-order valence-corrected chi connectivity index (χ2v) is 8.52. The van der Waals surface area contributed by atoms with Gasteiger partial charge < -0.3 is 5.32 Å². The lowest BCUT2D eigenvalue weighted by Gasteiger charge is -2.38. The Balaban J connectivity index is 1.77. The summed E-state index contributed by atoms with van der Waals surface area (Å²) in [7, 11) is -2.80. The van der Waals surface area contributed by atoms with E-state index in [1.165, 1.54) is 32.1 Å². The highest BCUT2D eigenvalue weighted by atomic mass is 32.2. The van der Waals surface area contributed by atoms with Crippen LogP contribution in [0.4, 0.5) is 0 Å². The maximum absolute atomic E-state index is 11.6. The molecule has 0 aromatic rings. The average molecular weight is 288 g/mol. The predicted molar refractivity (Wildman–Crippen MR) is 79.2 cm³/mol. The molecule has 0 spiro atoms. The standard InChI is InChI=1S/C14H28N2O2S/c1-12(10-15-14-6-4-3-5-7-14)16-8-9-19(17,18)11-13(16)2/h12-15H,3-11H2,1-2H3. The van der Waals surface area contributed by atoms with E-state index in [0.29, 0.717) is 30.1 Å². The van der Waals surface area contributed by atoms with Gasteiger partial charge in [0.25, 0.3) is 0 Å². The second-order valence-electron chi connectivity index (χ2n) is 6.29. The quantitative estimate of drug-likeness (QED) is 0.850. The minimum absolute atomic E-state index is 0.155. The predicted octanol–water partition coefficient (Wildman–Crippen LogP) is 1.42. The van der Waals surface area contributed by atoms with Crippen molar-refractivity contribution < 1.29 is 8.42 Å². The molecule has 2 fully saturated rings. The first-order chi connectivity index (χ1) is 8.98. The molecule has 1 aliphatic carbocycles. The van der Waals surface area contributed by atoms with E-state index >= 15 is 0 Å². The van der Waals surface area contributed by atoms with Gasteiger partial charge in [-0.3, -0.25) is 4.90 Å². The maximum atomic E-state index is 11.6. The summed E-state index contributed by atoms with van der Waals surface area (Å²) in [6.07, 6.45) is 6.69. The zero-order valence-electron chi connectivity index (χ0n) is 12.3. The van der Waals surface area contributed by atoms with Gasteiger partial charge in [0, 0.05) is 31.2 Å². The summed E-state index contributed by atoms with van der Waals surface area (Å²) in [4.78, 5) is 2.34. The van der Waals surface area contributed by atoms with Crippen molar-refractivity contribution in [2.45, 2.75) is 64.1 Å². The fraction of sp³-hybridized carbons (Fsp3) is 1.00. The second kappa shape index (κ2) is 6.55. The molecule has 0 bridgehead atoms. The molecule has 0 aromatic heterocycles. The highest BCUT2D eigenvalue weighted by molar-refractivity contribution is 7.91. The molecule has 1 saturated carbocycles. The van der Waals surface area contributed by atoms with Gasteiger partial charge in [0.2, 0.25) is 0 Å². The lowest BCUT2D eigenvalue weighted by atomic mass is 9.95. The van der Waals surface area contributed by atoms with Crippen LogP contribution in [0.3, 0.4) is 0 Å². The minimum atomic E-state index is -2.80. The third-order valence-corrected chi connectivity index (χ3v) is 6.39. The summed E-state index contributed by atoms with van der Waals surface area (Å²) in [5.74, 6) is 0.645. The molecule has 1 aliphatic heterocycles. The molecule has 4 nitrogen and oxygen atoms in total. The van der Waals surface area contributed by atoms with Gasteiger partial charge in [0.1, 0.15) is 0 Å². The summed E-state index contributed by atoms with van der Waals surface area (Å²) in [6, 6.07) is 1.26. The van der Waals surface area contributed by atoms with Crippen molar-refractivity contribution in [1.29, 1.82) is 0 Å². The fourth-order valence-electron chi connectivity index (χ4n) is 3.43. The lowest BCUT2D eigenvalue weighted by molar-refractivity contribution is 0.160. The van der Waals surface area contributed by atoms with Gasteiger partial charge in [0.15, 0.2) is 9.84 Å². The van der Waals surface area contributed by atoms with Crippen LogP contribution in [0.2, 0.25) is 0 Å². The van der Waals surface area contributed by atoms with E-state index in [-0.39, 0.29) is 6.04 Å². The fourth-order valence-corrected chi connectivity index (χ4v) is 5.01. The van der Waals surface area contributed by atoms with Gasteiger partial charge in [-0.05, 0) is 26.7 Å². The normalized spacial score (nSPS) is 31.2. The smallest absolute Gasteiger partial charge is 0.153 e. The summed E-state index contributed by atoms with van der Waals surface area (Å²) in [5.41, 5.74) is 0. The first-order valence-corrected chi connectivity index (χ1v) is 9.49. The van der Waals surface area contributed by atoms with Crippen molar-refractivity contribution >= 4 is 9.84 Å². The maximum Gasteiger partial charge on any atom is 0.153 e. The van der Waals surface area contributed by atoms with Crippen molar-refractivity contribution in [1.82, 2.24) is 10.2 Å². The summed E-state index contributed by atoms with van der Waals surface area (Å²) < 4.78 is 23.2. The number of nitrogens with one attached hydrogen (secondary N) is 1. The van der Waals surface area contributed by atoms with Crippen molar-refractivity contribution in [3.63, 3.8) is 0 Å². The van der Waals surface area contributed by atoms with Crippen molar-refractivity contribution in [3.05, 3.63) is 0 Å². The van der Waals surface area contributed by atoms with Crippen LogP contribution < -0.4 is 5.32 Å². The highest BCUT2D eigenvalue weighted by Crippen LogP contribution is 2.18. The molecule has 0 radical (unpaired) electrons. The molecule has 0 aromatic carbocycles. The molecule has 0 amide bonds. The van der Waals surface area contributed by atoms with Gasteiger partial charge in [-0.15, -0.1) is 0 Å². The first-order valence-electron chi connectivity index (χ1n) is 7.67. The van der Waals surface area contributed by atoms with Crippen LogP contribution in [-0.2, 0) is 9.84 Å². The molecule has 1 saturated heterocycles. The Kier molecular flexibility index (Phi) is 5.26. The molecule has 19 heavy (non-hydrogen) atoms. The largest absolute Gasteiger partial charge is 0.312 e. The van der Waals surface area contributed by atoms with E-state index in [9.17, 15) is 8.42 Å². The number of sulfone groups is 1. The number of nitrogens with zero attached hydrogens (tertiary/aromatic N) is 1. The van der Waals surface area contributed by atoms with E-state index in [1.807, 2.05) is 6.92 Å². The number of hydrogen-bond donors (Lipinski definition) is 1. The Morgan fingerprint density at radius 1 is 1.26 bits per heavy atom. The monoisotopic (exact) mass is 288 g/mol. The van der Waals surface area contributed by atoms with Crippen molar-refractivity contribution in [2.24, 2.45) is 0 Å². The van der Waals surface area contributed by atoms with Gasteiger partial charge in [-0.2, -0.15) is 0 Å². The van der Waals surface area contributed by atoms with Crippen LogP contribution in [0, 0.1) is 0 Å². The molecular weight excluding hydrogens is 260 g/mol. The van der Waals surface area contributed by atoms with Crippen molar-refractivity contribution in [3.8, 4) is 0 Å². The third-order valence-electron chi connectivity index (χ3n) is 4.60. The zero-order chi connectivity index (χ0) is 13.9. The van der Waals surface area contributed by atoms with Crippen LogP contribution in [0.1, 0.15) is 46.0 Å². The molecule has 2 atom stereocenters. The van der Waals surface area contributed by atoms with Gasteiger partial charge >= 0.3 is 0 Å². The molecule has 2 rings (SSSR count). The Labute approximate surface area is 117 Å². The summed E-state index contributed by atoms with van der Waals surface area (Å²) in [5, 5.41) is 3.67. The van der Waals surface area contributed by atoms with Crippen LogP contribution in [-0.4, -0.2) is 56.0 Å². The topological polar surface area (TPSA) is 49.4 Å². The molecule has 1 N–H and O–H groups in total. The van der Waals surface area contributed by atoms with Crippen molar-refractivity contribution in [2.75, 3.05) is 24.6 Å². The summed E-state index contributed by atoms with van der Waals surface area (Å²) in [6.45, 7) is 5.92. The zero-order valence-corrected chi connectivity index (χ0v) is 13.1. The Morgan fingerprint density at radius 2 is 1.95 bits per heavy atom. The Morgan fingerprint density at radius 3 is 2.58 bits per heavy atom. The van der Waals surface area contributed by atoms with Crippen LogP contribution in [0.25, 0.3) is 0 Å². The van der Waals surface area contributed by atoms with Crippen LogP contribution in [0.15, 0.2) is 0 Å². The van der Waals surface area contributed by atoms with E-state index in [4.69, 9.17) is 0 Å². The SMILES string of the molecule is CC(CNC1CCCCC1)N1CCS(=O)(=O)CC1C. The molecule has 2 unspecified atom stereocenters. The number of hydrogen-bond acceptors (Lipinski definition) is 4. The molecular formula is C14H28N2O2S.